The molecule has 3 rings (SSSR count). The van der Waals surface area contributed by atoms with E-state index in [1.54, 1.807) is 6.20 Å². The van der Waals surface area contributed by atoms with Crippen molar-refractivity contribution in [3.63, 3.8) is 0 Å². The van der Waals surface area contributed by atoms with E-state index in [2.05, 4.69) is 17.2 Å². The molecule has 2 aromatic rings. The Balaban J connectivity index is 1.49. The van der Waals surface area contributed by atoms with Crippen molar-refractivity contribution < 1.29 is 4.79 Å². The lowest BCUT2D eigenvalue weighted by Gasteiger charge is -2.31. The zero-order valence-electron chi connectivity index (χ0n) is 14.3. The van der Waals surface area contributed by atoms with Crippen molar-refractivity contribution >= 4 is 11.6 Å². The maximum Gasteiger partial charge on any atom is 0.253 e. The minimum absolute atomic E-state index is 0.162. The Kier molecular flexibility index (Phi) is 5.51. The summed E-state index contributed by atoms with van der Waals surface area (Å²) >= 11 is 0. The molecule has 0 radical (unpaired) electrons. The molecule has 5 heteroatoms. The predicted octanol–water partition coefficient (Wildman–Crippen LogP) is 3.26. The van der Waals surface area contributed by atoms with Gasteiger partial charge >= 0.3 is 0 Å². The lowest BCUT2D eigenvalue weighted by Crippen LogP contribution is -2.38. The van der Waals surface area contributed by atoms with E-state index in [-0.39, 0.29) is 5.91 Å². The van der Waals surface area contributed by atoms with Crippen molar-refractivity contribution in [3.05, 3.63) is 48.5 Å². The number of nitrogens with zero attached hydrogens (tertiary/aromatic N) is 3. The summed E-state index contributed by atoms with van der Waals surface area (Å²) in [5.41, 5.74) is 1.82. The highest BCUT2D eigenvalue weighted by atomic mass is 16.2. The van der Waals surface area contributed by atoms with Gasteiger partial charge in [-0.3, -0.25) is 4.79 Å². The molecule has 0 saturated carbocycles. The van der Waals surface area contributed by atoms with Crippen molar-refractivity contribution in [2.45, 2.75) is 32.7 Å². The fourth-order valence-electron chi connectivity index (χ4n) is 3.21. The molecule has 1 aromatic heterocycles. The lowest BCUT2D eigenvalue weighted by molar-refractivity contribution is 0.0689. The first kappa shape index (κ1) is 16.6. The van der Waals surface area contributed by atoms with E-state index in [4.69, 9.17) is 0 Å². The Morgan fingerprint density at radius 2 is 2.00 bits per heavy atom. The zero-order valence-corrected chi connectivity index (χ0v) is 14.3. The van der Waals surface area contributed by atoms with E-state index in [1.807, 2.05) is 46.3 Å². The van der Waals surface area contributed by atoms with E-state index in [0.29, 0.717) is 0 Å². The Morgan fingerprint density at radius 3 is 2.62 bits per heavy atom. The van der Waals surface area contributed by atoms with Gasteiger partial charge in [0, 0.05) is 49.8 Å². The van der Waals surface area contributed by atoms with Crippen molar-refractivity contribution in [2.75, 3.05) is 25.0 Å². The van der Waals surface area contributed by atoms with Crippen LogP contribution in [0.5, 0.6) is 0 Å². The highest BCUT2D eigenvalue weighted by molar-refractivity contribution is 5.94. The second-order valence-corrected chi connectivity index (χ2v) is 6.45. The van der Waals surface area contributed by atoms with Gasteiger partial charge in [-0.1, -0.05) is 13.3 Å². The van der Waals surface area contributed by atoms with Crippen LogP contribution in [0.4, 0.5) is 5.69 Å². The number of hydrogen-bond donors (Lipinski definition) is 1. The molecule has 1 fully saturated rings. The molecule has 0 unspecified atom stereocenters. The minimum Gasteiger partial charge on any atom is -0.383 e. The monoisotopic (exact) mass is 326 g/mol. The molecule has 24 heavy (non-hydrogen) atoms. The van der Waals surface area contributed by atoms with Crippen molar-refractivity contribution in [1.82, 2.24) is 14.5 Å². The molecule has 5 nitrogen and oxygen atoms in total. The number of benzene rings is 1. The number of likely N-dealkylation sites (tertiary alicyclic amines) is 1. The molecule has 1 saturated heterocycles. The number of amides is 1. The maximum atomic E-state index is 12.6. The summed E-state index contributed by atoms with van der Waals surface area (Å²) in [5, 5.41) is 3.37. The molecule has 0 aliphatic carbocycles. The number of hydrogen-bond acceptors (Lipinski definition) is 3. The summed E-state index contributed by atoms with van der Waals surface area (Å²) in [5.74, 6) is 0.950. The van der Waals surface area contributed by atoms with Crippen LogP contribution >= 0.6 is 0 Å². The molecule has 1 amide bonds. The first-order valence-corrected chi connectivity index (χ1v) is 8.85. The van der Waals surface area contributed by atoms with Gasteiger partial charge in [0.25, 0.3) is 5.91 Å². The topological polar surface area (TPSA) is 50.2 Å². The molecular weight excluding hydrogens is 300 g/mol. The highest BCUT2D eigenvalue weighted by Crippen LogP contribution is 2.21. The number of nitrogens with one attached hydrogen (secondary N) is 1. The fourth-order valence-corrected chi connectivity index (χ4v) is 3.21. The maximum absolute atomic E-state index is 12.6. The summed E-state index contributed by atoms with van der Waals surface area (Å²) in [6, 6.07) is 7.82. The van der Waals surface area contributed by atoms with Gasteiger partial charge in [0.15, 0.2) is 0 Å². The smallest absolute Gasteiger partial charge is 0.253 e. The van der Waals surface area contributed by atoms with Crippen molar-refractivity contribution in [1.29, 1.82) is 0 Å². The van der Waals surface area contributed by atoms with Crippen LogP contribution in [0.15, 0.2) is 43.0 Å². The predicted molar refractivity (Wildman–Crippen MR) is 96.1 cm³/mol. The Hall–Kier alpha value is -2.30. The molecule has 1 N–H and O–H groups in total. The highest BCUT2D eigenvalue weighted by Gasteiger charge is 2.22. The third-order valence-electron chi connectivity index (χ3n) is 4.87. The average molecular weight is 326 g/mol. The number of aromatic nitrogens is 2. The van der Waals surface area contributed by atoms with Gasteiger partial charge in [-0.2, -0.15) is 0 Å². The van der Waals surface area contributed by atoms with E-state index >= 15 is 0 Å². The van der Waals surface area contributed by atoms with Crippen LogP contribution in [0.25, 0.3) is 0 Å². The van der Waals surface area contributed by atoms with Gasteiger partial charge in [0.05, 0.1) is 6.33 Å². The molecular formula is C19H26N4O. The zero-order chi connectivity index (χ0) is 16.8. The number of imidazole rings is 1. The molecule has 0 atom stereocenters. The van der Waals surface area contributed by atoms with Gasteiger partial charge in [0.1, 0.15) is 0 Å². The number of piperidine rings is 1. The second-order valence-electron chi connectivity index (χ2n) is 6.45. The van der Waals surface area contributed by atoms with Crippen LogP contribution in [0, 0.1) is 5.92 Å². The standard InChI is InChI=1S/C19H26N4O/c1-2-16-7-11-23(12-8-16)19(24)17-3-5-18(6-4-17)21-10-14-22-13-9-20-15-22/h3-6,9,13,15-16,21H,2,7-8,10-12,14H2,1H3. The number of rotatable bonds is 6. The SMILES string of the molecule is CCC1CCN(C(=O)c2ccc(NCCn3ccnc3)cc2)CC1. The van der Waals surface area contributed by atoms with Crippen molar-refractivity contribution in [2.24, 2.45) is 5.92 Å². The molecule has 128 valence electrons. The molecule has 0 spiro atoms. The summed E-state index contributed by atoms with van der Waals surface area (Å²) in [6.45, 7) is 5.71. The third-order valence-corrected chi connectivity index (χ3v) is 4.87. The van der Waals surface area contributed by atoms with Crippen LogP contribution in [0.3, 0.4) is 0 Å². The minimum atomic E-state index is 0.162. The molecule has 0 bridgehead atoms. The van der Waals surface area contributed by atoms with Crippen LogP contribution in [-0.2, 0) is 6.54 Å². The largest absolute Gasteiger partial charge is 0.383 e. The Labute approximate surface area is 143 Å². The van der Waals surface area contributed by atoms with Crippen LogP contribution in [-0.4, -0.2) is 40.0 Å². The Morgan fingerprint density at radius 1 is 1.25 bits per heavy atom. The Bertz CT molecular complexity index is 628. The van der Waals surface area contributed by atoms with Gasteiger partial charge in [0.2, 0.25) is 0 Å². The van der Waals surface area contributed by atoms with Gasteiger partial charge in [-0.05, 0) is 43.0 Å². The molecule has 2 heterocycles. The van der Waals surface area contributed by atoms with E-state index in [0.717, 1.165) is 56.2 Å². The van der Waals surface area contributed by atoms with Crippen molar-refractivity contribution in [3.8, 4) is 0 Å². The summed E-state index contributed by atoms with van der Waals surface area (Å²) in [6.07, 6.45) is 9.04. The molecule has 1 aliphatic rings. The summed E-state index contributed by atoms with van der Waals surface area (Å²) in [4.78, 5) is 18.6. The van der Waals surface area contributed by atoms with Gasteiger partial charge in [-0.15, -0.1) is 0 Å². The lowest BCUT2D eigenvalue weighted by atomic mass is 9.94. The quantitative estimate of drug-likeness (QED) is 0.886. The van der Waals surface area contributed by atoms with E-state index < -0.39 is 0 Å². The summed E-state index contributed by atoms with van der Waals surface area (Å²) in [7, 11) is 0. The van der Waals surface area contributed by atoms with E-state index in [1.165, 1.54) is 6.42 Å². The van der Waals surface area contributed by atoms with E-state index in [9.17, 15) is 4.79 Å². The molecule has 1 aromatic carbocycles. The number of anilines is 1. The number of carbonyl (C=O) groups excluding carboxylic acids is 1. The first-order chi connectivity index (χ1) is 11.8. The number of carbonyl (C=O) groups is 1. The van der Waals surface area contributed by atoms with Crippen LogP contribution < -0.4 is 5.32 Å². The van der Waals surface area contributed by atoms with Gasteiger partial charge in [-0.25, -0.2) is 4.98 Å². The summed E-state index contributed by atoms with van der Waals surface area (Å²) < 4.78 is 2.03. The first-order valence-electron chi connectivity index (χ1n) is 8.85. The second kappa shape index (κ2) is 7.99. The average Bonchev–Trinajstić information content (AvgIpc) is 3.15. The third kappa shape index (κ3) is 4.16. The molecule has 1 aliphatic heterocycles. The normalized spacial score (nSPS) is 15.5. The van der Waals surface area contributed by atoms with Gasteiger partial charge < -0.3 is 14.8 Å². The van der Waals surface area contributed by atoms with Crippen LogP contribution in [0.1, 0.15) is 36.5 Å². The fraction of sp³-hybridized carbons (Fsp3) is 0.474. The van der Waals surface area contributed by atoms with Crippen LogP contribution in [0.2, 0.25) is 0 Å².